The number of rotatable bonds is 2. The van der Waals surface area contributed by atoms with Crippen LogP contribution in [0.4, 0.5) is 0 Å². The summed E-state index contributed by atoms with van der Waals surface area (Å²) in [7, 11) is 0. The van der Waals surface area contributed by atoms with E-state index in [1.54, 1.807) is 23.1 Å². The molecule has 0 saturated carbocycles. The van der Waals surface area contributed by atoms with Crippen LogP contribution in [0.25, 0.3) is 10.9 Å². The molecule has 1 aromatic heterocycles. The molecule has 3 rings (SSSR count). The van der Waals surface area contributed by atoms with Crippen LogP contribution in [0, 0.1) is 5.92 Å². The summed E-state index contributed by atoms with van der Waals surface area (Å²) < 4.78 is 0. The zero-order valence-corrected chi connectivity index (χ0v) is 13.1. The number of carboxylic acid groups (broad SMARTS) is 1. The number of carbonyl (C=O) groups is 2. The maximum absolute atomic E-state index is 12.6. The van der Waals surface area contributed by atoms with Crippen molar-refractivity contribution in [3.63, 3.8) is 0 Å². The highest BCUT2D eigenvalue weighted by Crippen LogP contribution is 2.31. The summed E-state index contributed by atoms with van der Waals surface area (Å²) in [4.78, 5) is 28.3. The van der Waals surface area contributed by atoms with Crippen molar-refractivity contribution in [1.82, 2.24) is 9.88 Å². The number of benzene rings is 1. The number of hydrogen-bond donors (Lipinski definition) is 2. The highest BCUT2D eigenvalue weighted by molar-refractivity contribution is 6.39. The average molecular weight is 341 g/mol. The lowest BCUT2D eigenvalue weighted by Crippen LogP contribution is -2.42. The van der Waals surface area contributed by atoms with Crippen molar-refractivity contribution in [1.29, 1.82) is 0 Å². The Morgan fingerprint density at radius 1 is 1.32 bits per heavy atom. The molecule has 22 heavy (non-hydrogen) atoms. The van der Waals surface area contributed by atoms with Crippen molar-refractivity contribution in [2.75, 3.05) is 13.1 Å². The average Bonchev–Trinajstić information content (AvgIpc) is 2.83. The van der Waals surface area contributed by atoms with Gasteiger partial charge >= 0.3 is 5.97 Å². The lowest BCUT2D eigenvalue weighted by Gasteiger charge is -2.30. The van der Waals surface area contributed by atoms with Gasteiger partial charge in [-0.25, -0.2) is 0 Å². The number of nitrogens with zero attached hydrogens (tertiary/aromatic N) is 1. The first kappa shape index (κ1) is 15.2. The molecule has 1 fully saturated rings. The molecule has 2 aromatic rings. The summed E-state index contributed by atoms with van der Waals surface area (Å²) >= 11 is 12.2. The molecule has 0 aliphatic carbocycles. The lowest BCUT2D eigenvalue weighted by molar-refractivity contribution is -0.143. The highest BCUT2D eigenvalue weighted by atomic mass is 35.5. The Kier molecular flexibility index (Phi) is 4.02. The van der Waals surface area contributed by atoms with Gasteiger partial charge < -0.3 is 15.0 Å². The maximum atomic E-state index is 12.6. The van der Waals surface area contributed by atoms with E-state index in [0.717, 1.165) is 5.52 Å². The van der Waals surface area contributed by atoms with E-state index in [9.17, 15) is 9.59 Å². The van der Waals surface area contributed by atoms with E-state index in [2.05, 4.69) is 4.98 Å². The minimum Gasteiger partial charge on any atom is -0.481 e. The van der Waals surface area contributed by atoms with Crippen molar-refractivity contribution in [3.8, 4) is 0 Å². The number of piperidine rings is 1. The molecule has 5 nitrogen and oxygen atoms in total. The first-order chi connectivity index (χ1) is 10.5. The van der Waals surface area contributed by atoms with Crippen LogP contribution in [0.2, 0.25) is 10.0 Å². The summed E-state index contributed by atoms with van der Waals surface area (Å²) in [6, 6.07) is 5.17. The minimum atomic E-state index is -0.868. The number of nitrogens with one attached hydrogen (secondary N) is 1. The molecule has 0 spiro atoms. The normalized spacial score (nSPS) is 18.6. The van der Waals surface area contributed by atoms with Gasteiger partial charge in [0.1, 0.15) is 5.69 Å². The number of hydrogen-bond acceptors (Lipinski definition) is 2. The van der Waals surface area contributed by atoms with Crippen molar-refractivity contribution >= 4 is 46.0 Å². The van der Waals surface area contributed by atoms with Crippen molar-refractivity contribution in [2.45, 2.75) is 12.8 Å². The number of aromatic amines is 1. The van der Waals surface area contributed by atoms with E-state index in [1.165, 1.54) is 0 Å². The molecule has 116 valence electrons. The molecule has 1 aliphatic heterocycles. The van der Waals surface area contributed by atoms with E-state index in [0.29, 0.717) is 34.8 Å². The van der Waals surface area contributed by atoms with Crippen molar-refractivity contribution in [2.24, 2.45) is 5.92 Å². The Bertz CT molecular complexity index is 757. The molecule has 7 heteroatoms. The van der Waals surface area contributed by atoms with Crippen LogP contribution < -0.4 is 0 Å². The number of aliphatic carboxylic acids is 1. The smallest absolute Gasteiger partial charge is 0.308 e. The molecule has 0 bridgehead atoms. The van der Waals surface area contributed by atoms with Gasteiger partial charge in [0.25, 0.3) is 5.91 Å². The van der Waals surface area contributed by atoms with Crippen LogP contribution in [0.1, 0.15) is 23.3 Å². The number of likely N-dealkylation sites (tertiary alicyclic amines) is 1. The largest absolute Gasteiger partial charge is 0.481 e. The van der Waals surface area contributed by atoms with Gasteiger partial charge in [-0.2, -0.15) is 0 Å². The molecule has 2 N–H and O–H groups in total. The van der Waals surface area contributed by atoms with Crippen LogP contribution >= 0.6 is 23.2 Å². The highest BCUT2D eigenvalue weighted by Gasteiger charge is 2.30. The van der Waals surface area contributed by atoms with Gasteiger partial charge in [-0.05, 0) is 31.0 Å². The number of carboxylic acids is 1. The van der Waals surface area contributed by atoms with Crippen LogP contribution in [0.15, 0.2) is 18.2 Å². The van der Waals surface area contributed by atoms with E-state index in [1.807, 2.05) is 0 Å². The molecule has 1 atom stereocenters. The Labute approximate surface area is 136 Å². The molecule has 0 radical (unpaired) electrons. The van der Waals surface area contributed by atoms with Crippen molar-refractivity contribution in [3.05, 3.63) is 33.9 Å². The minimum absolute atomic E-state index is 0.209. The van der Waals surface area contributed by atoms with Crippen LogP contribution in [0.5, 0.6) is 0 Å². The Morgan fingerprint density at radius 3 is 2.82 bits per heavy atom. The van der Waals surface area contributed by atoms with E-state index >= 15 is 0 Å². The second kappa shape index (κ2) is 5.82. The van der Waals surface area contributed by atoms with Gasteiger partial charge in [0.05, 0.1) is 10.9 Å². The van der Waals surface area contributed by atoms with Crippen molar-refractivity contribution < 1.29 is 14.7 Å². The van der Waals surface area contributed by atoms with Crippen LogP contribution in [-0.2, 0) is 4.79 Å². The lowest BCUT2D eigenvalue weighted by atomic mass is 9.98. The Morgan fingerprint density at radius 2 is 2.09 bits per heavy atom. The van der Waals surface area contributed by atoms with Gasteiger partial charge in [0.2, 0.25) is 0 Å². The number of fused-ring (bicyclic) bond motifs is 1. The SMILES string of the molecule is O=C(O)C1CCCN(C(=O)c2[nH]c3ccc(Cl)cc3c2Cl)C1. The number of carbonyl (C=O) groups excluding carboxylic acids is 1. The fraction of sp³-hybridized carbons (Fsp3) is 0.333. The topological polar surface area (TPSA) is 73.4 Å². The first-order valence-electron chi connectivity index (χ1n) is 6.96. The number of aromatic nitrogens is 1. The number of amides is 1. The standard InChI is InChI=1S/C15H14Cl2N2O3/c16-9-3-4-11-10(6-9)12(17)13(18-11)14(20)19-5-1-2-8(7-19)15(21)22/h3-4,6,8,18H,1-2,5,7H2,(H,21,22). The molecule has 2 heterocycles. The predicted octanol–water partition coefficient (Wildman–Crippen LogP) is 3.41. The van der Waals surface area contributed by atoms with E-state index < -0.39 is 11.9 Å². The van der Waals surface area contributed by atoms with Gasteiger partial charge in [0.15, 0.2) is 0 Å². The third-order valence-corrected chi connectivity index (χ3v) is 4.60. The van der Waals surface area contributed by atoms with Gasteiger partial charge in [0, 0.05) is 29.0 Å². The molecule has 1 amide bonds. The zero-order valence-electron chi connectivity index (χ0n) is 11.6. The van der Waals surface area contributed by atoms with Gasteiger partial charge in [-0.3, -0.25) is 9.59 Å². The Hall–Kier alpha value is -1.72. The monoisotopic (exact) mass is 340 g/mol. The maximum Gasteiger partial charge on any atom is 0.308 e. The second-order valence-electron chi connectivity index (χ2n) is 5.43. The van der Waals surface area contributed by atoms with E-state index in [4.69, 9.17) is 28.3 Å². The van der Waals surface area contributed by atoms with E-state index in [-0.39, 0.29) is 18.1 Å². The third kappa shape index (κ3) is 2.66. The fourth-order valence-electron chi connectivity index (χ4n) is 2.80. The molecule has 1 saturated heterocycles. The summed E-state index contributed by atoms with van der Waals surface area (Å²) in [5, 5.41) is 10.7. The van der Waals surface area contributed by atoms with Crippen LogP contribution in [-0.4, -0.2) is 40.0 Å². The number of halogens is 2. The summed E-state index contributed by atoms with van der Waals surface area (Å²) in [5.41, 5.74) is 1.01. The molecular weight excluding hydrogens is 327 g/mol. The third-order valence-electron chi connectivity index (χ3n) is 3.97. The molecular formula is C15H14Cl2N2O3. The Balaban J connectivity index is 1.92. The molecule has 1 aromatic carbocycles. The molecule has 1 aliphatic rings. The predicted molar refractivity (Wildman–Crippen MR) is 84.6 cm³/mol. The fourth-order valence-corrected chi connectivity index (χ4v) is 3.26. The summed E-state index contributed by atoms with van der Waals surface area (Å²) in [5.74, 6) is -1.66. The zero-order chi connectivity index (χ0) is 15.9. The van der Waals surface area contributed by atoms with Gasteiger partial charge in [-0.1, -0.05) is 23.2 Å². The summed E-state index contributed by atoms with van der Waals surface area (Å²) in [6.45, 7) is 0.746. The van der Waals surface area contributed by atoms with Gasteiger partial charge in [-0.15, -0.1) is 0 Å². The molecule has 1 unspecified atom stereocenters. The second-order valence-corrected chi connectivity index (χ2v) is 6.25. The first-order valence-corrected chi connectivity index (χ1v) is 7.72. The quantitative estimate of drug-likeness (QED) is 0.879. The number of H-pyrrole nitrogens is 1. The van der Waals surface area contributed by atoms with Crippen LogP contribution in [0.3, 0.4) is 0 Å². The summed E-state index contributed by atoms with van der Waals surface area (Å²) in [6.07, 6.45) is 1.27.